The predicted molar refractivity (Wildman–Crippen MR) is 59.7 cm³/mol. The van der Waals surface area contributed by atoms with Crippen LogP contribution in [0.15, 0.2) is 18.2 Å². The smallest absolute Gasteiger partial charge is 0.338 e. The molecule has 5 nitrogen and oxygen atoms in total. The minimum absolute atomic E-state index is 0.0120. The molecule has 0 aliphatic rings. The van der Waals surface area contributed by atoms with Crippen LogP contribution in [0.3, 0.4) is 0 Å². The van der Waals surface area contributed by atoms with Crippen molar-refractivity contribution in [3.8, 4) is 0 Å². The zero-order chi connectivity index (χ0) is 12.1. The van der Waals surface area contributed by atoms with Gasteiger partial charge in [-0.2, -0.15) is 0 Å². The molecule has 1 rings (SSSR count). The molecule has 5 heteroatoms. The van der Waals surface area contributed by atoms with Crippen molar-refractivity contribution in [2.45, 2.75) is 13.3 Å². The first-order valence-corrected chi connectivity index (χ1v) is 4.82. The molecule has 86 valence electrons. The van der Waals surface area contributed by atoms with Crippen LogP contribution < -0.4 is 11.5 Å². The van der Waals surface area contributed by atoms with E-state index in [1.54, 1.807) is 18.2 Å². The molecule has 1 aromatic rings. The zero-order valence-corrected chi connectivity index (χ0v) is 9.03. The summed E-state index contributed by atoms with van der Waals surface area (Å²) in [6.07, 6.45) is 0.0209. The maximum atomic E-state index is 11.5. The standard InChI is InChI=1S/C11H14N2O3/c1-7-2-3-8(6-9(7)12)11(15)16-5-4-10(13)14/h2-3,6H,4-5,12H2,1H3,(H2,13,14). The molecule has 0 saturated heterocycles. The van der Waals surface area contributed by atoms with Crippen molar-refractivity contribution in [1.29, 1.82) is 0 Å². The highest BCUT2D eigenvalue weighted by Crippen LogP contribution is 2.13. The third-order valence-corrected chi connectivity index (χ3v) is 2.10. The van der Waals surface area contributed by atoms with Crippen LogP contribution in [0, 0.1) is 6.92 Å². The van der Waals surface area contributed by atoms with Gasteiger partial charge in [-0.3, -0.25) is 4.79 Å². The van der Waals surface area contributed by atoms with Crippen LogP contribution in [-0.2, 0) is 9.53 Å². The quantitative estimate of drug-likeness (QED) is 0.576. The van der Waals surface area contributed by atoms with Crippen LogP contribution in [-0.4, -0.2) is 18.5 Å². The fourth-order valence-corrected chi connectivity index (χ4v) is 1.10. The van der Waals surface area contributed by atoms with Crippen molar-refractivity contribution in [2.24, 2.45) is 5.73 Å². The van der Waals surface area contributed by atoms with Crippen molar-refractivity contribution in [3.05, 3.63) is 29.3 Å². The van der Waals surface area contributed by atoms with Gasteiger partial charge in [0, 0.05) is 5.69 Å². The van der Waals surface area contributed by atoms with E-state index in [2.05, 4.69) is 0 Å². The summed E-state index contributed by atoms with van der Waals surface area (Å²) in [5, 5.41) is 0. The van der Waals surface area contributed by atoms with Crippen LogP contribution in [0.5, 0.6) is 0 Å². The number of anilines is 1. The Kier molecular flexibility index (Phi) is 3.88. The van der Waals surface area contributed by atoms with Gasteiger partial charge >= 0.3 is 5.97 Å². The largest absolute Gasteiger partial charge is 0.462 e. The summed E-state index contributed by atoms with van der Waals surface area (Å²) in [5.74, 6) is -1.01. The number of ether oxygens (including phenoxy) is 1. The van der Waals surface area contributed by atoms with Crippen LogP contribution in [0.4, 0.5) is 5.69 Å². The molecule has 0 heterocycles. The molecule has 1 amide bonds. The molecule has 4 N–H and O–H groups in total. The Morgan fingerprint density at radius 2 is 2.06 bits per heavy atom. The molecule has 16 heavy (non-hydrogen) atoms. The van der Waals surface area contributed by atoms with Crippen molar-refractivity contribution in [2.75, 3.05) is 12.3 Å². The molecular weight excluding hydrogens is 208 g/mol. The summed E-state index contributed by atoms with van der Waals surface area (Å²) in [4.78, 5) is 21.9. The highest BCUT2D eigenvalue weighted by atomic mass is 16.5. The first-order chi connectivity index (χ1) is 7.50. The Labute approximate surface area is 93.4 Å². The van der Waals surface area contributed by atoms with Gasteiger partial charge in [-0.15, -0.1) is 0 Å². The number of benzene rings is 1. The summed E-state index contributed by atoms with van der Waals surface area (Å²) in [5.41, 5.74) is 12.4. The number of rotatable bonds is 4. The third kappa shape index (κ3) is 3.27. The second-order valence-corrected chi connectivity index (χ2v) is 3.42. The molecule has 0 saturated carbocycles. The molecule has 0 aromatic heterocycles. The normalized spacial score (nSPS) is 9.81. The highest BCUT2D eigenvalue weighted by Gasteiger charge is 2.08. The van der Waals surface area contributed by atoms with E-state index >= 15 is 0 Å². The van der Waals surface area contributed by atoms with Gasteiger partial charge in [-0.1, -0.05) is 6.07 Å². The van der Waals surface area contributed by atoms with Crippen molar-refractivity contribution < 1.29 is 14.3 Å². The summed E-state index contributed by atoms with van der Waals surface area (Å²) >= 11 is 0. The van der Waals surface area contributed by atoms with E-state index in [4.69, 9.17) is 16.2 Å². The second kappa shape index (κ2) is 5.16. The lowest BCUT2D eigenvalue weighted by atomic mass is 10.1. The maximum Gasteiger partial charge on any atom is 0.338 e. The number of hydrogen-bond acceptors (Lipinski definition) is 4. The fourth-order valence-electron chi connectivity index (χ4n) is 1.10. The fraction of sp³-hybridized carbons (Fsp3) is 0.273. The Bertz CT molecular complexity index is 416. The van der Waals surface area contributed by atoms with Crippen molar-refractivity contribution >= 4 is 17.6 Å². The molecule has 0 atom stereocenters. The van der Waals surface area contributed by atoms with Crippen molar-refractivity contribution in [1.82, 2.24) is 0 Å². The van der Waals surface area contributed by atoms with E-state index in [0.717, 1.165) is 5.56 Å². The second-order valence-electron chi connectivity index (χ2n) is 3.42. The molecule has 0 radical (unpaired) electrons. The SMILES string of the molecule is Cc1ccc(C(=O)OCCC(N)=O)cc1N. The van der Waals surface area contributed by atoms with Crippen LogP contribution >= 0.6 is 0 Å². The van der Waals surface area contributed by atoms with Crippen LogP contribution in [0.25, 0.3) is 0 Å². The maximum absolute atomic E-state index is 11.5. The number of nitrogens with two attached hydrogens (primary N) is 2. The predicted octanol–water partition coefficient (Wildman–Crippen LogP) is 0.609. The average Bonchev–Trinajstić information content (AvgIpc) is 2.21. The topological polar surface area (TPSA) is 95.4 Å². The number of nitrogen functional groups attached to an aromatic ring is 1. The lowest BCUT2D eigenvalue weighted by Gasteiger charge is -2.05. The monoisotopic (exact) mass is 222 g/mol. The van der Waals surface area contributed by atoms with E-state index in [9.17, 15) is 9.59 Å². The van der Waals surface area contributed by atoms with E-state index in [1.165, 1.54) is 0 Å². The van der Waals surface area contributed by atoms with Crippen molar-refractivity contribution in [3.63, 3.8) is 0 Å². The molecule has 0 aliphatic carbocycles. The van der Waals surface area contributed by atoms with E-state index in [1.807, 2.05) is 6.92 Å². The minimum Gasteiger partial charge on any atom is -0.462 e. The van der Waals surface area contributed by atoms with Gasteiger partial charge in [0.15, 0.2) is 0 Å². The number of carbonyl (C=O) groups excluding carboxylic acids is 2. The average molecular weight is 222 g/mol. The van der Waals surface area contributed by atoms with Gasteiger partial charge in [0.1, 0.15) is 6.61 Å². The van der Waals surface area contributed by atoms with E-state index in [0.29, 0.717) is 11.3 Å². The van der Waals surface area contributed by atoms with Gasteiger partial charge in [0.05, 0.1) is 12.0 Å². The van der Waals surface area contributed by atoms with Gasteiger partial charge in [0.2, 0.25) is 5.91 Å². The van der Waals surface area contributed by atoms with E-state index in [-0.39, 0.29) is 13.0 Å². The number of carbonyl (C=O) groups is 2. The molecule has 0 unspecified atom stereocenters. The number of primary amides is 1. The molecule has 0 aliphatic heterocycles. The lowest BCUT2D eigenvalue weighted by Crippen LogP contribution is -2.15. The minimum atomic E-state index is -0.507. The lowest BCUT2D eigenvalue weighted by molar-refractivity contribution is -0.118. The number of hydrogen-bond donors (Lipinski definition) is 2. The molecule has 0 bridgehead atoms. The first-order valence-electron chi connectivity index (χ1n) is 4.82. The number of esters is 1. The van der Waals surface area contributed by atoms with Gasteiger partial charge in [-0.25, -0.2) is 4.79 Å². The Balaban J connectivity index is 2.59. The van der Waals surface area contributed by atoms with E-state index < -0.39 is 11.9 Å². The molecule has 1 aromatic carbocycles. The Morgan fingerprint density at radius 3 is 2.62 bits per heavy atom. The molecular formula is C11H14N2O3. The van der Waals surface area contributed by atoms with Gasteiger partial charge < -0.3 is 16.2 Å². The summed E-state index contributed by atoms with van der Waals surface area (Å²) in [6.45, 7) is 1.83. The highest BCUT2D eigenvalue weighted by molar-refractivity contribution is 5.90. The number of amides is 1. The molecule has 0 fully saturated rings. The van der Waals surface area contributed by atoms with Gasteiger partial charge in [0.25, 0.3) is 0 Å². The Hall–Kier alpha value is -2.04. The zero-order valence-electron chi connectivity index (χ0n) is 9.03. The van der Waals surface area contributed by atoms with Crippen LogP contribution in [0.1, 0.15) is 22.3 Å². The summed E-state index contributed by atoms with van der Waals surface area (Å²) in [7, 11) is 0. The summed E-state index contributed by atoms with van der Waals surface area (Å²) < 4.78 is 4.84. The molecule has 0 spiro atoms. The first kappa shape index (κ1) is 12.0. The third-order valence-electron chi connectivity index (χ3n) is 2.10. The van der Waals surface area contributed by atoms with Crippen LogP contribution in [0.2, 0.25) is 0 Å². The summed E-state index contributed by atoms with van der Waals surface area (Å²) in [6, 6.07) is 4.90. The van der Waals surface area contributed by atoms with Gasteiger partial charge in [-0.05, 0) is 24.6 Å². The number of aryl methyl sites for hydroxylation is 1. The Morgan fingerprint density at radius 1 is 1.38 bits per heavy atom.